The summed E-state index contributed by atoms with van der Waals surface area (Å²) in [6, 6.07) is 17.2. The average Bonchev–Trinajstić information content (AvgIpc) is 3.93. The van der Waals surface area contributed by atoms with E-state index in [1.807, 2.05) is 60.3 Å². The van der Waals surface area contributed by atoms with Crippen LogP contribution in [0.15, 0.2) is 71.8 Å². The summed E-state index contributed by atoms with van der Waals surface area (Å²) in [4.78, 5) is 61.0. The van der Waals surface area contributed by atoms with E-state index in [4.69, 9.17) is 14.8 Å². The molecule has 0 bridgehead atoms. The Morgan fingerprint density at radius 1 is 0.954 bits per heavy atom. The first-order valence-electron chi connectivity index (χ1n) is 22.7. The number of piperidine rings is 1. The van der Waals surface area contributed by atoms with Crippen LogP contribution in [0.1, 0.15) is 103 Å². The number of imide groups is 1. The smallest absolute Gasteiger partial charge is 0.264 e. The molecule has 0 radical (unpaired) electrons. The molecule has 7 heterocycles. The van der Waals surface area contributed by atoms with Gasteiger partial charge in [-0.3, -0.25) is 29.2 Å². The number of aromatic nitrogens is 4. The van der Waals surface area contributed by atoms with Gasteiger partial charge in [0.05, 0.1) is 23.4 Å². The number of alkyl halides is 2. The van der Waals surface area contributed by atoms with Crippen LogP contribution >= 0.6 is 0 Å². The van der Waals surface area contributed by atoms with E-state index in [1.165, 1.54) is 0 Å². The molecule has 10 rings (SSSR count). The number of nitrogens with one attached hydrogen (secondary N) is 1. The topological polar surface area (TPSA) is 135 Å². The van der Waals surface area contributed by atoms with E-state index in [9.17, 15) is 19.2 Å². The zero-order valence-corrected chi connectivity index (χ0v) is 36.9. The Kier molecular flexibility index (Phi) is 11.2. The van der Waals surface area contributed by atoms with Crippen molar-refractivity contribution in [2.24, 2.45) is 7.05 Å². The molecular formula is C50H52F2N8O5. The van der Waals surface area contributed by atoms with E-state index in [-0.39, 0.29) is 47.4 Å². The van der Waals surface area contributed by atoms with Gasteiger partial charge in [0.15, 0.2) is 0 Å². The van der Waals surface area contributed by atoms with Crippen molar-refractivity contribution < 1.29 is 27.9 Å². The lowest BCUT2D eigenvalue weighted by atomic mass is 9.92. The number of nitrogens with zero attached hydrogens (tertiary/aromatic N) is 7. The van der Waals surface area contributed by atoms with Gasteiger partial charge in [-0.2, -0.15) is 5.10 Å². The van der Waals surface area contributed by atoms with Crippen LogP contribution in [-0.4, -0.2) is 76.4 Å². The summed E-state index contributed by atoms with van der Waals surface area (Å²) in [5.74, 6) is 0.379. The third kappa shape index (κ3) is 7.52. The number of halogens is 2. The molecule has 4 aliphatic rings. The summed E-state index contributed by atoms with van der Waals surface area (Å²) in [6.07, 6.45) is 6.56. The van der Waals surface area contributed by atoms with Crippen LogP contribution in [0.2, 0.25) is 0 Å². The van der Waals surface area contributed by atoms with E-state index < -0.39 is 6.43 Å². The van der Waals surface area contributed by atoms with Crippen molar-refractivity contribution >= 4 is 62.8 Å². The Morgan fingerprint density at radius 3 is 2.51 bits per heavy atom. The number of hydrogen-bond acceptors (Lipinski definition) is 9. The molecule has 3 aromatic heterocycles. The van der Waals surface area contributed by atoms with Crippen molar-refractivity contribution in [3.63, 3.8) is 0 Å². The lowest BCUT2D eigenvalue weighted by Crippen LogP contribution is -2.37. The monoisotopic (exact) mass is 882 g/mol. The Hall–Kier alpha value is -6.48. The maximum atomic E-state index is 15.3. The van der Waals surface area contributed by atoms with Crippen LogP contribution in [0.25, 0.3) is 32.8 Å². The van der Waals surface area contributed by atoms with Crippen molar-refractivity contribution in [2.45, 2.75) is 89.6 Å². The molecule has 1 N–H and O–H groups in total. The highest BCUT2D eigenvalue weighted by atomic mass is 19.3. The zero-order chi connectivity index (χ0) is 45.1. The highest BCUT2D eigenvalue weighted by molar-refractivity contribution is 6.27. The van der Waals surface area contributed by atoms with Crippen LogP contribution in [0.4, 0.5) is 31.7 Å². The minimum absolute atomic E-state index is 0.0552. The maximum absolute atomic E-state index is 15.3. The molecule has 1 atom stereocenters. The molecule has 0 spiro atoms. The molecule has 13 nitrogen and oxygen atoms in total. The number of amides is 3. The first-order chi connectivity index (χ1) is 31.5. The van der Waals surface area contributed by atoms with Crippen molar-refractivity contribution in [3.05, 3.63) is 105 Å². The Labute approximate surface area is 375 Å². The van der Waals surface area contributed by atoms with Gasteiger partial charge in [0.1, 0.15) is 5.82 Å². The fourth-order valence-corrected chi connectivity index (χ4v) is 10.7. The van der Waals surface area contributed by atoms with E-state index in [2.05, 4.69) is 21.2 Å². The standard InChI is InChI=1S/C50H52F2N8O5/c1-29-22-39-44(56(3)49(29)63)25-40(31-15-20-65-21-16-31)55-48(39)58-17-5-6-32-23-37(38(47(51)52)24-43(32)58)33-26-54-59(27-33)34-13-18-57(19-14-34)41-10-11-42-46-35(41)7-4-8-36(46)50(64)60(42)30(2)9-12-45(62)53-28-61/h4,7-8,10-11,22-28,30-31,34,47H,5-6,9,12-21H2,1-3H3,(H,53,61,62). The third-order valence-corrected chi connectivity index (χ3v) is 14.1. The molecule has 336 valence electrons. The average molecular weight is 883 g/mol. The molecule has 15 heteroatoms. The normalized spacial score (nSPS) is 17.4. The molecule has 65 heavy (non-hydrogen) atoms. The van der Waals surface area contributed by atoms with Gasteiger partial charge in [-0.1, -0.05) is 12.1 Å². The first kappa shape index (κ1) is 42.5. The summed E-state index contributed by atoms with van der Waals surface area (Å²) in [5.41, 5.74) is 7.45. The molecule has 1 unspecified atom stereocenters. The van der Waals surface area contributed by atoms with Gasteiger partial charge >= 0.3 is 0 Å². The fourth-order valence-electron chi connectivity index (χ4n) is 10.7. The largest absolute Gasteiger partial charge is 0.381 e. The van der Waals surface area contributed by atoms with Crippen molar-refractivity contribution in [2.75, 3.05) is 47.5 Å². The van der Waals surface area contributed by atoms with E-state index in [1.54, 1.807) is 35.7 Å². The Morgan fingerprint density at radius 2 is 1.74 bits per heavy atom. The molecule has 0 saturated carbocycles. The minimum atomic E-state index is -2.73. The van der Waals surface area contributed by atoms with E-state index in [0.29, 0.717) is 66.3 Å². The molecule has 3 aromatic carbocycles. The number of rotatable bonds is 11. The van der Waals surface area contributed by atoms with Gasteiger partial charge < -0.3 is 24.0 Å². The highest BCUT2D eigenvalue weighted by Crippen LogP contribution is 2.46. The number of carbonyl (C=O) groups is 3. The second-order valence-corrected chi connectivity index (χ2v) is 18.0. The van der Waals surface area contributed by atoms with Crippen molar-refractivity contribution in [1.29, 1.82) is 0 Å². The van der Waals surface area contributed by atoms with Gasteiger partial charge in [0.2, 0.25) is 12.3 Å². The van der Waals surface area contributed by atoms with Gasteiger partial charge in [0.25, 0.3) is 17.9 Å². The fraction of sp³-hybridized carbons (Fsp3) is 0.400. The molecule has 0 aliphatic carbocycles. The Balaban J connectivity index is 0.904. The number of ether oxygens (including phenoxy) is 1. The molecular weight excluding hydrogens is 831 g/mol. The number of aryl methyl sites for hydroxylation is 3. The van der Waals surface area contributed by atoms with Gasteiger partial charge in [-0.15, -0.1) is 0 Å². The molecule has 4 aliphatic heterocycles. The lowest BCUT2D eigenvalue weighted by Gasteiger charge is -2.34. The summed E-state index contributed by atoms with van der Waals surface area (Å²) >= 11 is 0. The van der Waals surface area contributed by atoms with Crippen LogP contribution in [0.5, 0.6) is 0 Å². The highest BCUT2D eigenvalue weighted by Gasteiger charge is 2.35. The van der Waals surface area contributed by atoms with Gasteiger partial charge in [-0.05, 0) is 112 Å². The minimum Gasteiger partial charge on any atom is -0.381 e. The van der Waals surface area contributed by atoms with Crippen LogP contribution < -0.4 is 25.6 Å². The van der Waals surface area contributed by atoms with E-state index >= 15 is 8.78 Å². The predicted molar refractivity (Wildman–Crippen MR) is 247 cm³/mol. The summed E-state index contributed by atoms with van der Waals surface area (Å²) < 4.78 is 39.8. The van der Waals surface area contributed by atoms with Gasteiger partial charge in [0, 0.05) is 120 Å². The summed E-state index contributed by atoms with van der Waals surface area (Å²) in [5, 5.41) is 9.64. The number of fused-ring (bicyclic) bond motifs is 2. The predicted octanol–water partition coefficient (Wildman–Crippen LogP) is 8.42. The van der Waals surface area contributed by atoms with Crippen LogP contribution in [0.3, 0.4) is 0 Å². The number of hydrogen-bond donors (Lipinski definition) is 1. The number of anilines is 4. The number of carbonyl (C=O) groups excluding carboxylic acids is 3. The second kappa shape index (κ2) is 17.1. The van der Waals surface area contributed by atoms with Crippen LogP contribution in [-0.2, 0) is 27.8 Å². The molecule has 2 saturated heterocycles. The second-order valence-electron chi connectivity index (χ2n) is 18.0. The lowest BCUT2D eigenvalue weighted by molar-refractivity contribution is -0.125. The molecule has 6 aromatic rings. The zero-order valence-electron chi connectivity index (χ0n) is 36.9. The SMILES string of the molecule is Cc1cc2c(N3CCCc4cc(-c5cnn(C6CCN(c7ccc8c9c(cccc79)C(=O)N8C(C)CCC(=O)NC=O)CC6)c5)c(C(F)F)cc43)nc(C3CCOCC3)cc2n(C)c1=O. The van der Waals surface area contributed by atoms with Gasteiger partial charge in [-0.25, -0.2) is 13.8 Å². The van der Waals surface area contributed by atoms with E-state index in [0.717, 1.165) is 95.9 Å². The number of pyridine rings is 2. The Bertz CT molecular complexity index is 2930. The third-order valence-electron chi connectivity index (χ3n) is 14.1. The molecule has 3 amide bonds. The van der Waals surface area contributed by atoms with Crippen LogP contribution in [0, 0.1) is 6.92 Å². The summed E-state index contributed by atoms with van der Waals surface area (Å²) in [6.45, 7) is 7.08. The molecule has 2 fully saturated rings. The van der Waals surface area contributed by atoms with Crippen molar-refractivity contribution in [1.82, 2.24) is 24.6 Å². The summed E-state index contributed by atoms with van der Waals surface area (Å²) in [7, 11) is 1.78. The first-order valence-corrected chi connectivity index (χ1v) is 22.7. The quantitative estimate of drug-likeness (QED) is 0.127. The number of benzene rings is 3. The maximum Gasteiger partial charge on any atom is 0.264 e. The van der Waals surface area contributed by atoms with Crippen molar-refractivity contribution in [3.8, 4) is 11.1 Å².